The lowest BCUT2D eigenvalue weighted by molar-refractivity contribution is -0.384. The van der Waals surface area contributed by atoms with Crippen LogP contribution >= 0.6 is 0 Å². The van der Waals surface area contributed by atoms with E-state index >= 15 is 0 Å². The minimum Gasteiger partial charge on any atom is -0.325 e. The molecule has 1 N–H and O–H groups in total. The third-order valence-corrected chi connectivity index (χ3v) is 4.68. The van der Waals surface area contributed by atoms with E-state index in [2.05, 4.69) is 15.4 Å². The molecule has 10 nitrogen and oxygen atoms in total. The number of hydrogen-bond acceptors (Lipinski definition) is 6. The lowest BCUT2D eigenvalue weighted by atomic mass is 10.1. The van der Waals surface area contributed by atoms with Gasteiger partial charge in [-0.1, -0.05) is 18.2 Å². The summed E-state index contributed by atoms with van der Waals surface area (Å²) in [5.41, 5.74) is 2.41. The summed E-state index contributed by atoms with van der Waals surface area (Å²) in [5, 5.41) is 18.4. The van der Waals surface area contributed by atoms with Gasteiger partial charge in [-0.2, -0.15) is 5.10 Å². The molecule has 1 amide bonds. The molecule has 0 unspecified atom stereocenters. The van der Waals surface area contributed by atoms with Gasteiger partial charge in [0.05, 0.1) is 11.1 Å². The Morgan fingerprint density at radius 3 is 2.58 bits per heavy atom. The van der Waals surface area contributed by atoms with Crippen molar-refractivity contribution >= 4 is 28.3 Å². The number of aromatic nitrogens is 4. The average Bonchev–Trinajstić information content (AvgIpc) is 3.14. The molecule has 0 radical (unpaired) electrons. The van der Waals surface area contributed by atoms with Gasteiger partial charge >= 0.3 is 0 Å². The summed E-state index contributed by atoms with van der Waals surface area (Å²) >= 11 is 0. The summed E-state index contributed by atoms with van der Waals surface area (Å²) in [5.74, 6) is -0.376. The summed E-state index contributed by atoms with van der Waals surface area (Å²) in [7, 11) is 0. The zero-order chi connectivity index (χ0) is 22.1. The number of aryl methyl sites for hydroxylation is 2. The number of nitro groups is 1. The molecule has 10 heteroatoms. The summed E-state index contributed by atoms with van der Waals surface area (Å²) in [6.07, 6.45) is 2.53. The second-order valence-corrected chi connectivity index (χ2v) is 7.14. The number of para-hydroxylation sites is 2. The first-order chi connectivity index (χ1) is 14.8. The number of hydrogen-bond donors (Lipinski definition) is 1. The maximum absolute atomic E-state index is 12.8. The van der Waals surface area contributed by atoms with Gasteiger partial charge in [0.25, 0.3) is 11.2 Å². The van der Waals surface area contributed by atoms with Crippen LogP contribution in [0.4, 0.5) is 11.4 Å². The number of amides is 1. The van der Waals surface area contributed by atoms with Crippen LogP contribution in [0.5, 0.6) is 0 Å². The molecule has 31 heavy (non-hydrogen) atoms. The highest BCUT2D eigenvalue weighted by Crippen LogP contribution is 2.23. The van der Waals surface area contributed by atoms with Crippen LogP contribution in [0.1, 0.15) is 11.1 Å². The van der Waals surface area contributed by atoms with Crippen LogP contribution in [0.3, 0.4) is 0 Å². The van der Waals surface area contributed by atoms with Crippen LogP contribution in [-0.2, 0) is 11.3 Å². The fourth-order valence-electron chi connectivity index (χ4n) is 3.44. The van der Waals surface area contributed by atoms with Gasteiger partial charge in [-0.3, -0.25) is 24.3 Å². The summed E-state index contributed by atoms with van der Waals surface area (Å²) in [6.45, 7) is 3.63. The zero-order valence-corrected chi connectivity index (χ0v) is 16.8. The Hall–Kier alpha value is -4.34. The van der Waals surface area contributed by atoms with Crippen LogP contribution in [0.15, 0.2) is 59.8 Å². The van der Waals surface area contributed by atoms with Gasteiger partial charge in [0.15, 0.2) is 5.65 Å². The first-order valence-electron chi connectivity index (χ1n) is 9.38. The highest BCUT2D eigenvalue weighted by molar-refractivity contribution is 5.91. The van der Waals surface area contributed by atoms with Crippen LogP contribution in [0, 0.1) is 24.0 Å². The minimum atomic E-state index is -0.526. The molecule has 2 aromatic heterocycles. The van der Waals surface area contributed by atoms with E-state index in [9.17, 15) is 19.7 Å². The molecule has 0 saturated carbocycles. The topological polar surface area (TPSA) is 125 Å². The number of nitro benzene ring substituents is 1. The number of carbonyl (C=O) groups is 1. The molecule has 0 aliphatic carbocycles. The number of rotatable bonds is 5. The molecule has 2 aromatic carbocycles. The van der Waals surface area contributed by atoms with Crippen LogP contribution in [-0.4, -0.2) is 30.2 Å². The monoisotopic (exact) mass is 418 g/mol. The standard InChI is InChI=1S/C21H18N6O4/c1-13-7-14(2)9-15(8-13)24-19(28)11-25-12-22-20-16(21(25)29)10-23-26(20)17-5-3-4-6-18(17)27(30)31/h3-10,12H,11H2,1-2H3,(H,24,28). The molecule has 0 bridgehead atoms. The van der Waals surface area contributed by atoms with Crippen molar-refractivity contribution in [1.82, 2.24) is 19.3 Å². The highest BCUT2D eigenvalue weighted by Gasteiger charge is 2.19. The number of nitrogens with zero attached hydrogens (tertiary/aromatic N) is 5. The van der Waals surface area contributed by atoms with Gasteiger partial charge in [-0.05, 0) is 43.2 Å². The maximum atomic E-state index is 12.8. The molecule has 0 atom stereocenters. The molecule has 0 fully saturated rings. The zero-order valence-electron chi connectivity index (χ0n) is 16.8. The van der Waals surface area contributed by atoms with Gasteiger partial charge in [0, 0.05) is 11.8 Å². The van der Waals surface area contributed by atoms with Gasteiger partial charge < -0.3 is 5.32 Å². The second-order valence-electron chi connectivity index (χ2n) is 7.14. The first kappa shape index (κ1) is 20.0. The Morgan fingerprint density at radius 1 is 1.16 bits per heavy atom. The normalized spacial score (nSPS) is 10.9. The molecule has 156 valence electrons. The highest BCUT2D eigenvalue weighted by atomic mass is 16.6. The van der Waals surface area contributed by atoms with Crippen molar-refractivity contribution < 1.29 is 9.72 Å². The van der Waals surface area contributed by atoms with Crippen molar-refractivity contribution in [2.75, 3.05) is 5.32 Å². The molecule has 0 spiro atoms. The largest absolute Gasteiger partial charge is 0.325 e. The predicted molar refractivity (Wildman–Crippen MR) is 114 cm³/mol. The van der Waals surface area contributed by atoms with E-state index in [1.165, 1.54) is 33.9 Å². The van der Waals surface area contributed by atoms with Crippen LogP contribution < -0.4 is 10.9 Å². The van der Waals surface area contributed by atoms with E-state index in [0.717, 1.165) is 11.1 Å². The quantitative estimate of drug-likeness (QED) is 0.392. The van der Waals surface area contributed by atoms with Crippen LogP contribution in [0.2, 0.25) is 0 Å². The summed E-state index contributed by atoms with van der Waals surface area (Å²) < 4.78 is 2.42. The number of fused-ring (bicyclic) bond motifs is 1. The van der Waals surface area contributed by atoms with E-state index in [-0.39, 0.29) is 34.9 Å². The van der Waals surface area contributed by atoms with E-state index in [0.29, 0.717) is 5.69 Å². The number of benzene rings is 2. The summed E-state index contributed by atoms with van der Waals surface area (Å²) in [6, 6.07) is 11.7. The SMILES string of the molecule is Cc1cc(C)cc(NC(=O)Cn2cnc3c(cnn3-c3ccccc3[N+](=O)[O-])c2=O)c1. The Labute approximate surface area is 175 Å². The predicted octanol–water partition coefficient (Wildman–Crippen LogP) is 2.75. The molecular weight excluding hydrogens is 400 g/mol. The van der Waals surface area contributed by atoms with E-state index in [1.54, 1.807) is 12.1 Å². The van der Waals surface area contributed by atoms with Gasteiger partial charge in [-0.25, -0.2) is 9.67 Å². The Morgan fingerprint density at radius 2 is 1.87 bits per heavy atom. The molecule has 4 rings (SSSR count). The minimum absolute atomic E-state index is 0.153. The Balaban J connectivity index is 1.65. The third kappa shape index (κ3) is 3.90. The van der Waals surface area contributed by atoms with Crippen molar-refractivity contribution in [3.05, 3.63) is 86.6 Å². The van der Waals surface area contributed by atoms with E-state index < -0.39 is 10.5 Å². The van der Waals surface area contributed by atoms with Crippen LogP contribution in [0.25, 0.3) is 16.7 Å². The fourth-order valence-corrected chi connectivity index (χ4v) is 3.44. The number of anilines is 1. The smallest absolute Gasteiger partial charge is 0.294 e. The van der Waals surface area contributed by atoms with Crippen molar-refractivity contribution in [2.45, 2.75) is 20.4 Å². The summed E-state index contributed by atoms with van der Waals surface area (Å²) in [4.78, 5) is 40.3. The lowest BCUT2D eigenvalue weighted by Crippen LogP contribution is -2.27. The average molecular weight is 418 g/mol. The first-order valence-corrected chi connectivity index (χ1v) is 9.38. The van der Waals surface area contributed by atoms with Crippen molar-refractivity contribution in [2.24, 2.45) is 0 Å². The number of carbonyl (C=O) groups excluding carboxylic acids is 1. The Kier molecular flexibility index (Phi) is 5.04. The Bertz CT molecular complexity index is 1370. The maximum Gasteiger partial charge on any atom is 0.294 e. The van der Waals surface area contributed by atoms with Crippen molar-refractivity contribution in [3.8, 4) is 5.69 Å². The molecule has 2 heterocycles. The third-order valence-electron chi connectivity index (χ3n) is 4.68. The van der Waals surface area contributed by atoms with Gasteiger partial charge in [-0.15, -0.1) is 0 Å². The fraction of sp³-hybridized carbons (Fsp3) is 0.143. The van der Waals surface area contributed by atoms with Crippen molar-refractivity contribution in [3.63, 3.8) is 0 Å². The van der Waals surface area contributed by atoms with E-state index in [1.807, 2.05) is 32.0 Å². The molecule has 0 aliphatic heterocycles. The van der Waals surface area contributed by atoms with Gasteiger partial charge in [0.2, 0.25) is 5.91 Å². The molecule has 4 aromatic rings. The molecule has 0 saturated heterocycles. The van der Waals surface area contributed by atoms with Crippen molar-refractivity contribution in [1.29, 1.82) is 0 Å². The lowest BCUT2D eigenvalue weighted by Gasteiger charge is -2.09. The van der Waals surface area contributed by atoms with Gasteiger partial charge in [0.1, 0.15) is 23.9 Å². The second kappa shape index (κ2) is 7.82. The molecular formula is C21H18N6O4. The number of nitrogens with one attached hydrogen (secondary N) is 1. The van der Waals surface area contributed by atoms with E-state index in [4.69, 9.17) is 0 Å². The molecule has 0 aliphatic rings.